The summed E-state index contributed by atoms with van der Waals surface area (Å²) in [6.45, 7) is -0.439. The highest BCUT2D eigenvalue weighted by atomic mass is 31.2. The second kappa shape index (κ2) is 27.7. The van der Waals surface area contributed by atoms with E-state index in [2.05, 4.69) is 248 Å². The Morgan fingerprint density at radius 2 is 0.653 bits per heavy atom. The number of aliphatic carboxylic acids is 1. The third-order valence-electron chi connectivity index (χ3n) is 10.9. The summed E-state index contributed by atoms with van der Waals surface area (Å²) in [6.07, 6.45) is 25.6. The SMILES string of the molecule is C(=C\c1ccc(Oc2ccc(/C=C/c3ccccc3)c(/C=C/c3ccccc3)c2/C=C/c2ccccc2)c(/C=C/c2ccccc2)c1/C=C/c1ccccc1)/c1ccccc1.N.O=C(O)CNCP(=O)(O)O. The monoisotopic (exact) mass is 968 g/mol. The number of hydrogen-bond donors (Lipinski definition) is 5. The number of carbonyl (C=O) groups is 1. The summed E-state index contributed by atoms with van der Waals surface area (Å²) in [6, 6.07) is 71.0. The van der Waals surface area contributed by atoms with Gasteiger partial charge in [0.15, 0.2) is 0 Å². The van der Waals surface area contributed by atoms with Gasteiger partial charge in [-0.2, -0.15) is 0 Å². The zero-order chi connectivity index (χ0) is 49.5. The molecule has 8 nitrogen and oxygen atoms in total. The molecule has 0 spiro atoms. The van der Waals surface area contributed by atoms with Crippen molar-refractivity contribution >= 4 is 86.5 Å². The number of carboxylic acids is 1. The number of nitrogens with one attached hydrogen (secondary N) is 1. The van der Waals surface area contributed by atoms with Crippen LogP contribution in [0, 0.1) is 0 Å². The minimum Gasteiger partial charge on any atom is -0.480 e. The Morgan fingerprint density at radius 3 is 0.917 bits per heavy atom. The van der Waals surface area contributed by atoms with E-state index in [1.165, 1.54) is 0 Å². The summed E-state index contributed by atoms with van der Waals surface area (Å²) < 4.78 is 17.3. The van der Waals surface area contributed by atoms with Crippen LogP contribution < -0.4 is 16.2 Å². The first-order chi connectivity index (χ1) is 34.7. The van der Waals surface area contributed by atoms with Crippen LogP contribution in [0.3, 0.4) is 0 Å². The molecule has 0 aromatic heterocycles. The first-order valence-electron chi connectivity index (χ1n) is 23.0. The van der Waals surface area contributed by atoms with E-state index >= 15 is 0 Å². The lowest BCUT2D eigenvalue weighted by Gasteiger charge is -2.18. The van der Waals surface area contributed by atoms with Gasteiger partial charge in [-0.3, -0.25) is 14.7 Å². The predicted molar refractivity (Wildman–Crippen MR) is 303 cm³/mol. The molecule has 8 rings (SSSR count). The maximum atomic E-state index is 10.1. The molecule has 0 bridgehead atoms. The zero-order valence-electron chi connectivity index (χ0n) is 39.7. The predicted octanol–water partition coefficient (Wildman–Crippen LogP) is 15.5. The Hall–Kier alpha value is -8.46. The number of benzene rings is 8. The molecule has 0 heterocycles. The van der Waals surface area contributed by atoms with E-state index in [4.69, 9.17) is 19.6 Å². The van der Waals surface area contributed by atoms with Crippen LogP contribution >= 0.6 is 7.60 Å². The molecule has 0 radical (unpaired) electrons. The average Bonchev–Trinajstić information content (AvgIpc) is 3.39. The van der Waals surface area contributed by atoms with Gasteiger partial charge < -0.3 is 25.8 Å². The van der Waals surface area contributed by atoms with Gasteiger partial charge in [-0.05, 0) is 67.8 Å². The molecular formula is C63H57N2O6P. The van der Waals surface area contributed by atoms with Crippen LogP contribution in [-0.4, -0.2) is 33.7 Å². The third-order valence-corrected chi connectivity index (χ3v) is 11.5. The first kappa shape index (κ1) is 52.9. The van der Waals surface area contributed by atoms with Gasteiger partial charge in [0.1, 0.15) is 11.5 Å². The molecule has 0 amide bonds. The molecular weight excluding hydrogens is 912 g/mol. The fourth-order valence-electron chi connectivity index (χ4n) is 7.35. The number of carboxylic acid groups (broad SMARTS) is 1. The van der Waals surface area contributed by atoms with Crippen LogP contribution in [0.2, 0.25) is 0 Å². The summed E-state index contributed by atoms with van der Waals surface area (Å²) in [5.41, 5.74) is 12.9. The van der Waals surface area contributed by atoms with E-state index in [0.29, 0.717) is 0 Å². The van der Waals surface area contributed by atoms with Crippen molar-refractivity contribution in [2.75, 3.05) is 12.8 Å². The molecule has 0 atom stereocenters. The fourth-order valence-corrected chi connectivity index (χ4v) is 7.76. The Morgan fingerprint density at radius 1 is 0.389 bits per heavy atom. The normalized spacial score (nSPS) is 11.6. The second-order valence-corrected chi connectivity index (χ2v) is 17.8. The first-order valence-corrected chi connectivity index (χ1v) is 24.8. The van der Waals surface area contributed by atoms with Gasteiger partial charge in [0, 0.05) is 11.1 Å². The summed E-state index contributed by atoms with van der Waals surface area (Å²) in [5, 5.41) is 10.1. The van der Waals surface area contributed by atoms with Crippen molar-refractivity contribution in [3.05, 3.63) is 273 Å². The number of ether oxygens (including phenoxy) is 1. The van der Waals surface area contributed by atoms with E-state index in [9.17, 15) is 9.36 Å². The molecule has 0 saturated heterocycles. The van der Waals surface area contributed by atoms with Crippen LogP contribution in [-0.2, 0) is 9.36 Å². The van der Waals surface area contributed by atoms with E-state index in [1.54, 1.807) is 0 Å². The topological polar surface area (TPSA) is 151 Å². The lowest BCUT2D eigenvalue weighted by atomic mass is 9.95. The van der Waals surface area contributed by atoms with Crippen molar-refractivity contribution in [3.63, 3.8) is 0 Å². The van der Waals surface area contributed by atoms with Crippen LogP contribution in [0.15, 0.2) is 206 Å². The number of hydrogen-bond acceptors (Lipinski definition) is 5. The van der Waals surface area contributed by atoms with Crippen molar-refractivity contribution in [1.82, 2.24) is 11.5 Å². The van der Waals surface area contributed by atoms with Crippen molar-refractivity contribution < 1.29 is 29.0 Å². The lowest BCUT2D eigenvalue weighted by molar-refractivity contribution is -0.135. The Kier molecular flexibility index (Phi) is 20.3. The molecule has 0 aliphatic rings. The highest BCUT2D eigenvalue weighted by molar-refractivity contribution is 7.51. The largest absolute Gasteiger partial charge is 0.480 e. The highest BCUT2D eigenvalue weighted by Gasteiger charge is 2.16. The molecule has 0 aliphatic carbocycles. The van der Waals surface area contributed by atoms with Crippen molar-refractivity contribution in [2.45, 2.75) is 0 Å². The Bertz CT molecular complexity index is 2990. The maximum absolute atomic E-state index is 10.1. The van der Waals surface area contributed by atoms with Crippen molar-refractivity contribution in [1.29, 1.82) is 0 Å². The fraction of sp³-hybridized carbons (Fsp3) is 0.0317. The van der Waals surface area contributed by atoms with Gasteiger partial charge in [-0.25, -0.2) is 0 Å². The smallest absolute Gasteiger partial charge is 0.339 e. The van der Waals surface area contributed by atoms with E-state index < -0.39 is 26.4 Å². The van der Waals surface area contributed by atoms with Gasteiger partial charge in [0.25, 0.3) is 0 Å². The summed E-state index contributed by atoms with van der Waals surface area (Å²) in [7, 11) is -4.10. The summed E-state index contributed by atoms with van der Waals surface area (Å²) in [5.74, 6) is 0.349. The molecule has 360 valence electrons. The minimum atomic E-state index is -4.10. The molecule has 0 aliphatic heterocycles. The Balaban J connectivity index is 0.000000696. The molecule has 8 aromatic carbocycles. The molecule has 8 aromatic rings. The quantitative estimate of drug-likeness (QED) is 0.0421. The standard InChI is InChI=1S/C60H46O.C3H8NO5P.H3N/c1-7-19-47(20-8-1)31-37-53-39-45-59(57(43-35-51-27-15-5-16-28-51)55(53)41-33-49-23-11-3-12-24-49)61-60-46-40-54(38-32-48-21-9-2-10-22-48)56(42-34-50-25-13-4-14-26-50)58(60)44-36-52-29-17-6-18-30-52;5-3(6)1-4-2-10(7,8)9;/h1-46H;4H,1-2H2,(H,5,6)(H2,7,8,9);1H3/b37-31+,38-32+,41-33+,42-34+,43-35+,44-36+;;. The van der Waals surface area contributed by atoms with Gasteiger partial charge in [0.05, 0.1) is 12.8 Å². The second-order valence-electron chi connectivity index (χ2n) is 16.2. The lowest BCUT2D eigenvalue weighted by Crippen LogP contribution is -2.23. The Labute approximate surface area is 422 Å². The summed E-state index contributed by atoms with van der Waals surface area (Å²) in [4.78, 5) is 26.1. The van der Waals surface area contributed by atoms with Crippen LogP contribution in [0.4, 0.5) is 0 Å². The van der Waals surface area contributed by atoms with Crippen molar-refractivity contribution in [2.24, 2.45) is 0 Å². The van der Waals surface area contributed by atoms with Crippen molar-refractivity contribution in [3.8, 4) is 11.5 Å². The number of rotatable bonds is 18. The average molecular weight is 969 g/mol. The van der Waals surface area contributed by atoms with Crippen LogP contribution in [0.1, 0.15) is 66.8 Å². The van der Waals surface area contributed by atoms with E-state index in [1.807, 2.05) is 36.4 Å². The molecule has 9 heteroatoms. The van der Waals surface area contributed by atoms with Gasteiger partial charge >= 0.3 is 13.6 Å². The molecule has 0 saturated carbocycles. The zero-order valence-corrected chi connectivity index (χ0v) is 40.6. The van der Waals surface area contributed by atoms with Crippen LogP contribution in [0.25, 0.3) is 72.9 Å². The maximum Gasteiger partial charge on any atom is 0.339 e. The third kappa shape index (κ3) is 17.2. The van der Waals surface area contributed by atoms with Crippen LogP contribution in [0.5, 0.6) is 11.5 Å². The van der Waals surface area contributed by atoms with Gasteiger partial charge in [-0.1, -0.05) is 267 Å². The molecule has 0 unspecified atom stereocenters. The molecule has 0 fully saturated rings. The minimum absolute atomic E-state index is 0. The molecule has 7 N–H and O–H groups in total. The van der Waals surface area contributed by atoms with Gasteiger partial charge in [-0.15, -0.1) is 0 Å². The molecule has 72 heavy (non-hydrogen) atoms. The highest BCUT2D eigenvalue weighted by Crippen LogP contribution is 2.39. The van der Waals surface area contributed by atoms with Gasteiger partial charge in [0.2, 0.25) is 0 Å². The van der Waals surface area contributed by atoms with E-state index in [-0.39, 0.29) is 6.15 Å². The summed E-state index contributed by atoms with van der Waals surface area (Å²) >= 11 is 0. The van der Waals surface area contributed by atoms with E-state index in [0.717, 1.165) is 78.3 Å².